The predicted molar refractivity (Wildman–Crippen MR) is 108 cm³/mol. The molecule has 0 radical (unpaired) electrons. The Labute approximate surface area is 149 Å². The van der Waals surface area contributed by atoms with Gasteiger partial charge in [0.05, 0.1) is 0 Å². The minimum absolute atomic E-state index is 0.890. The number of hydrogen-bond acceptors (Lipinski definition) is 0. The highest BCUT2D eigenvalue weighted by atomic mass is 14.1. The molecule has 0 heteroatoms. The maximum absolute atomic E-state index is 2.47. The zero-order valence-electron chi connectivity index (χ0n) is 17.3. The molecule has 0 aromatic carbocycles. The molecule has 0 saturated heterocycles. The van der Waals surface area contributed by atoms with Crippen molar-refractivity contribution in [2.45, 2.75) is 131 Å². The molecule has 0 saturated carbocycles. The lowest BCUT2D eigenvalue weighted by Crippen LogP contribution is -1.97. The van der Waals surface area contributed by atoms with Crippen LogP contribution in [0.2, 0.25) is 0 Å². The molecule has 0 spiro atoms. The van der Waals surface area contributed by atoms with Crippen LogP contribution < -0.4 is 0 Å². The van der Waals surface area contributed by atoms with E-state index in [1.165, 1.54) is 96.3 Å². The van der Waals surface area contributed by atoms with Gasteiger partial charge in [-0.05, 0) is 17.8 Å². The second-order valence-corrected chi connectivity index (χ2v) is 8.73. The molecule has 140 valence electrons. The Morgan fingerprint density at radius 2 is 0.783 bits per heavy atom. The summed E-state index contributed by atoms with van der Waals surface area (Å²) in [7, 11) is 0. The van der Waals surface area contributed by atoms with Crippen LogP contribution in [0.4, 0.5) is 0 Å². The first-order chi connectivity index (χ1) is 11.1. The Kier molecular flexibility index (Phi) is 16.8. The van der Waals surface area contributed by atoms with Gasteiger partial charge in [-0.25, -0.2) is 0 Å². The van der Waals surface area contributed by atoms with Gasteiger partial charge < -0.3 is 0 Å². The van der Waals surface area contributed by atoms with Gasteiger partial charge in [0.15, 0.2) is 0 Å². The standard InChI is InChI=1S/C23H48/c1-6-7-8-12-17-22(4)19-14-10-15-20-23(5)18-13-9-11-16-21(2)3/h21-23H,6-20H2,1-5H3. The van der Waals surface area contributed by atoms with Crippen LogP contribution in [0.5, 0.6) is 0 Å². The average molecular weight is 325 g/mol. The highest BCUT2D eigenvalue weighted by Gasteiger charge is 2.04. The lowest BCUT2D eigenvalue weighted by atomic mass is 9.93. The molecular weight excluding hydrogens is 276 g/mol. The van der Waals surface area contributed by atoms with Crippen LogP contribution in [0.3, 0.4) is 0 Å². The fraction of sp³-hybridized carbons (Fsp3) is 1.00. The molecule has 2 atom stereocenters. The lowest BCUT2D eigenvalue weighted by molar-refractivity contribution is 0.406. The second-order valence-electron chi connectivity index (χ2n) is 8.73. The van der Waals surface area contributed by atoms with Gasteiger partial charge in [0, 0.05) is 0 Å². The van der Waals surface area contributed by atoms with Crippen LogP contribution in [0.25, 0.3) is 0 Å². The summed E-state index contributed by atoms with van der Waals surface area (Å²) in [6.45, 7) is 11.9. The Morgan fingerprint density at radius 1 is 0.435 bits per heavy atom. The molecule has 0 heterocycles. The quantitative estimate of drug-likeness (QED) is 0.234. The van der Waals surface area contributed by atoms with Gasteiger partial charge in [0.25, 0.3) is 0 Å². The minimum atomic E-state index is 0.890. The van der Waals surface area contributed by atoms with E-state index in [1.807, 2.05) is 0 Å². The molecular formula is C23H48. The van der Waals surface area contributed by atoms with Gasteiger partial charge in [-0.15, -0.1) is 0 Å². The molecule has 0 aliphatic carbocycles. The van der Waals surface area contributed by atoms with Crippen molar-refractivity contribution in [3.63, 3.8) is 0 Å². The Hall–Kier alpha value is 0. The SMILES string of the molecule is CCCCCCC(C)CCCCCC(C)CCCCCC(C)C. The van der Waals surface area contributed by atoms with Crippen molar-refractivity contribution in [2.75, 3.05) is 0 Å². The van der Waals surface area contributed by atoms with Gasteiger partial charge >= 0.3 is 0 Å². The summed E-state index contributed by atoms with van der Waals surface area (Å²) in [6, 6.07) is 0. The third-order valence-electron chi connectivity index (χ3n) is 5.42. The Morgan fingerprint density at radius 3 is 1.13 bits per heavy atom. The van der Waals surface area contributed by atoms with E-state index in [0.29, 0.717) is 0 Å². The van der Waals surface area contributed by atoms with E-state index in [9.17, 15) is 0 Å². The van der Waals surface area contributed by atoms with Gasteiger partial charge in [0.2, 0.25) is 0 Å². The summed E-state index contributed by atoms with van der Waals surface area (Å²) in [5.74, 6) is 2.81. The lowest BCUT2D eigenvalue weighted by Gasteiger charge is -2.13. The van der Waals surface area contributed by atoms with E-state index in [2.05, 4.69) is 34.6 Å². The van der Waals surface area contributed by atoms with Crippen LogP contribution in [-0.4, -0.2) is 0 Å². The van der Waals surface area contributed by atoms with Gasteiger partial charge in [0.1, 0.15) is 0 Å². The van der Waals surface area contributed by atoms with Crippen molar-refractivity contribution >= 4 is 0 Å². The molecule has 0 bridgehead atoms. The van der Waals surface area contributed by atoms with Crippen LogP contribution in [0, 0.1) is 17.8 Å². The predicted octanol–water partition coefficient (Wildman–Crippen LogP) is 8.79. The molecule has 0 aromatic rings. The van der Waals surface area contributed by atoms with E-state index in [0.717, 1.165) is 17.8 Å². The highest BCUT2D eigenvalue weighted by Crippen LogP contribution is 2.21. The topological polar surface area (TPSA) is 0 Å². The summed E-state index contributed by atoms with van der Waals surface area (Å²) in [5.41, 5.74) is 0. The molecule has 0 aliphatic rings. The molecule has 0 aliphatic heterocycles. The zero-order chi connectivity index (χ0) is 17.3. The van der Waals surface area contributed by atoms with Crippen molar-refractivity contribution in [3.8, 4) is 0 Å². The Bertz CT molecular complexity index is 218. The van der Waals surface area contributed by atoms with Crippen molar-refractivity contribution in [3.05, 3.63) is 0 Å². The third-order valence-corrected chi connectivity index (χ3v) is 5.42. The highest BCUT2D eigenvalue weighted by molar-refractivity contribution is 4.58. The molecule has 0 aromatic heterocycles. The number of hydrogen-bond donors (Lipinski definition) is 0. The molecule has 0 N–H and O–H groups in total. The van der Waals surface area contributed by atoms with Crippen molar-refractivity contribution in [1.29, 1.82) is 0 Å². The fourth-order valence-electron chi connectivity index (χ4n) is 3.59. The van der Waals surface area contributed by atoms with E-state index in [-0.39, 0.29) is 0 Å². The normalized spacial score (nSPS) is 14.3. The fourth-order valence-corrected chi connectivity index (χ4v) is 3.59. The van der Waals surface area contributed by atoms with Crippen LogP contribution in [0.15, 0.2) is 0 Å². The van der Waals surface area contributed by atoms with E-state index >= 15 is 0 Å². The van der Waals surface area contributed by atoms with E-state index in [1.54, 1.807) is 0 Å². The largest absolute Gasteiger partial charge is 0.0654 e. The van der Waals surface area contributed by atoms with Crippen LogP contribution in [0.1, 0.15) is 131 Å². The first-order valence-corrected chi connectivity index (χ1v) is 11.1. The molecule has 0 rings (SSSR count). The van der Waals surface area contributed by atoms with E-state index < -0.39 is 0 Å². The first kappa shape index (κ1) is 23.0. The first-order valence-electron chi connectivity index (χ1n) is 11.1. The maximum Gasteiger partial charge on any atom is -0.0443 e. The second kappa shape index (κ2) is 16.8. The van der Waals surface area contributed by atoms with Crippen LogP contribution >= 0.6 is 0 Å². The molecule has 0 fully saturated rings. The molecule has 2 unspecified atom stereocenters. The maximum atomic E-state index is 2.47. The number of unbranched alkanes of at least 4 members (excludes halogenated alkanes) is 7. The minimum Gasteiger partial charge on any atom is -0.0654 e. The smallest absolute Gasteiger partial charge is 0.0443 e. The van der Waals surface area contributed by atoms with Gasteiger partial charge in [-0.3, -0.25) is 0 Å². The van der Waals surface area contributed by atoms with E-state index in [4.69, 9.17) is 0 Å². The molecule has 23 heavy (non-hydrogen) atoms. The van der Waals surface area contributed by atoms with Crippen molar-refractivity contribution in [1.82, 2.24) is 0 Å². The molecule has 0 amide bonds. The van der Waals surface area contributed by atoms with Crippen molar-refractivity contribution < 1.29 is 0 Å². The summed E-state index contributed by atoms with van der Waals surface area (Å²) in [5, 5.41) is 0. The Balaban J connectivity index is 3.29. The zero-order valence-corrected chi connectivity index (χ0v) is 17.3. The summed E-state index contributed by atoms with van der Waals surface area (Å²) < 4.78 is 0. The monoisotopic (exact) mass is 324 g/mol. The third kappa shape index (κ3) is 18.2. The van der Waals surface area contributed by atoms with Gasteiger partial charge in [-0.2, -0.15) is 0 Å². The summed E-state index contributed by atoms with van der Waals surface area (Å²) in [6.07, 6.45) is 21.8. The van der Waals surface area contributed by atoms with Gasteiger partial charge in [-0.1, -0.05) is 131 Å². The van der Waals surface area contributed by atoms with Crippen LogP contribution in [-0.2, 0) is 0 Å². The summed E-state index contributed by atoms with van der Waals surface area (Å²) >= 11 is 0. The average Bonchev–Trinajstić information content (AvgIpc) is 2.50. The number of rotatable bonds is 17. The summed E-state index contributed by atoms with van der Waals surface area (Å²) in [4.78, 5) is 0. The molecule has 0 nitrogen and oxygen atoms in total. The van der Waals surface area contributed by atoms with Crippen molar-refractivity contribution in [2.24, 2.45) is 17.8 Å².